The molecule has 0 bridgehead atoms. The van der Waals surface area contributed by atoms with E-state index in [-0.39, 0.29) is 44.2 Å². The summed E-state index contributed by atoms with van der Waals surface area (Å²) in [5, 5.41) is 4.53. The van der Waals surface area contributed by atoms with Crippen molar-refractivity contribution in [2.24, 2.45) is 17.6 Å². The van der Waals surface area contributed by atoms with Gasteiger partial charge in [0.1, 0.15) is 29.6 Å². The number of ether oxygens (including phenoxy) is 1. The first-order valence-electron chi connectivity index (χ1n) is 13.9. The first-order chi connectivity index (χ1) is 19.8. The summed E-state index contributed by atoms with van der Waals surface area (Å²) in [5.41, 5.74) is 4.48. The number of carbonyl (C=O) groups is 5. The number of likely N-dealkylation sites (N-methyl/N-ethyl adjacent to an activating group) is 1. The van der Waals surface area contributed by atoms with Crippen molar-refractivity contribution in [1.82, 2.24) is 25.4 Å². The van der Waals surface area contributed by atoms with Gasteiger partial charge in [-0.15, -0.1) is 0 Å². The molecule has 4 atom stereocenters. The van der Waals surface area contributed by atoms with Crippen LogP contribution in [-0.4, -0.2) is 87.8 Å². The van der Waals surface area contributed by atoms with Crippen LogP contribution >= 0.6 is 0 Å². The highest BCUT2D eigenvalue weighted by atomic mass is 19.4. The fraction of sp³-hybridized carbons (Fsp3) is 0.630. The Morgan fingerprint density at radius 1 is 1.21 bits per heavy atom. The SMILES string of the molecule is CN(C(=O)[C@H](CC1CC1)NC(=O)C(F)(F)F)[C@@H](CC1CC1)C(=O)N1C[C@@]2(C[C@H]1C(N)=O)Oc1cccnc1CNC2=O. The predicted octanol–water partition coefficient (Wildman–Crippen LogP) is 0.390. The van der Waals surface area contributed by atoms with Crippen molar-refractivity contribution in [3.8, 4) is 5.75 Å². The molecule has 4 N–H and O–H groups in total. The molecular formula is C27H33F3N6O6. The molecule has 4 aliphatic rings. The third-order valence-electron chi connectivity index (χ3n) is 8.40. The van der Waals surface area contributed by atoms with Crippen LogP contribution in [0.15, 0.2) is 18.3 Å². The topological polar surface area (TPSA) is 164 Å². The Kier molecular flexibility index (Phi) is 7.79. The standard InChI is InChI=1S/C27H33F3N6O6/c1-35(22(38)16(9-14-4-5-14)34-25(41)27(28,29)30)18(10-15-6-7-15)23(39)36-13-26(11-19(36)21(31)37)24(40)33-12-17-20(42-26)3-2-8-32-17/h2-3,8,14-16,18-19H,4-7,9-13H2,1H3,(H2,31,37)(H,33,40)(H,34,41)/t16-,18-,19-,26+/m0/s1. The van der Waals surface area contributed by atoms with Gasteiger partial charge >= 0.3 is 12.1 Å². The van der Waals surface area contributed by atoms with Crippen LogP contribution in [0.5, 0.6) is 5.75 Å². The minimum atomic E-state index is -5.18. The van der Waals surface area contributed by atoms with E-state index in [0.29, 0.717) is 11.4 Å². The summed E-state index contributed by atoms with van der Waals surface area (Å²) < 4.78 is 45.3. The number of alkyl halides is 3. The van der Waals surface area contributed by atoms with Gasteiger partial charge in [-0.3, -0.25) is 29.0 Å². The maximum Gasteiger partial charge on any atom is 0.471 e. The van der Waals surface area contributed by atoms with Gasteiger partial charge in [0.2, 0.25) is 23.3 Å². The van der Waals surface area contributed by atoms with Crippen LogP contribution in [0.2, 0.25) is 0 Å². The quantitative estimate of drug-likeness (QED) is 0.372. The Balaban J connectivity index is 1.41. The first kappa shape index (κ1) is 29.6. The van der Waals surface area contributed by atoms with Gasteiger partial charge in [-0.2, -0.15) is 13.2 Å². The zero-order valence-corrected chi connectivity index (χ0v) is 23.0. The number of rotatable bonds is 9. The van der Waals surface area contributed by atoms with E-state index in [4.69, 9.17) is 10.5 Å². The number of hydrogen-bond acceptors (Lipinski definition) is 7. The van der Waals surface area contributed by atoms with E-state index in [1.165, 1.54) is 13.2 Å². The number of halogens is 3. The molecule has 12 nitrogen and oxygen atoms in total. The highest BCUT2D eigenvalue weighted by molar-refractivity contribution is 5.97. The second kappa shape index (κ2) is 11.1. The zero-order chi connectivity index (χ0) is 30.4. The molecule has 0 radical (unpaired) electrons. The molecule has 0 aromatic carbocycles. The number of aromatic nitrogens is 1. The van der Waals surface area contributed by atoms with Crippen molar-refractivity contribution < 1.29 is 41.9 Å². The number of likely N-dealkylation sites (tertiary alicyclic amines) is 1. The third kappa shape index (κ3) is 6.14. The number of fused-ring (bicyclic) bond motifs is 1. The maximum absolute atomic E-state index is 14.1. The smallest absolute Gasteiger partial charge is 0.471 e. The van der Waals surface area contributed by atoms with E-state index < -0.39 is 59.4 Å². The van der Waals surface area contributed by atoms with E-state index >= 15 is 0 Å². The van der Waals surface area contributed by atoms with Crippen molar-refractivity contribution in [2.45, 2.75) is 81.4 Å². The van der Waals surface area contributed by atoms with Gasteiger partial charge < -0.3 is 30.9 Å². The van der Waals surface area contributed by atoms with Crippen LogP contribution in [0.4, 0.5) is 13.2 Å². The Hall–Kier alpha value is -3.91. The zero-order valence-electron chi connectivity index (χ0n) is 23.0. The summed E-state index contributed by atoms with van der Waals surface area (Å²) in [7, 11) is 1.30. The van der Waals surface area contributed by atoms with Gasteiger partial charge in [-0.25, -0.2) is 0 Å². The van der Waals surface area contributed by atoms with Crippen molar-refractivity contribution >= 4 is 29.5 Å². The predicted molar refractivity (Wildman–Crippen MR) is 138 cm³/mol. The minimum Gasteiger partial charge on any atom is -0.473 e. The normalized spacial score (nSPS) is 25.0. The first-order valence-corrected chi connectivity index (χ1v) is 13.9. The molecule has 1 aromatic rings. The van der Waals surface area contributed by atoms with Gasteiger partial charge in [0.05, 0.1) is 13.1 Å². The summed E-state index contributed by atoms with van der Waals surface area (Å²) in [6.07, 6.45) is -0.669. The van der Waals surface area contributed by atoms with Crippen molar-refractivity contribution in [1.29, 1.82) is 0 Å². The summed E-state index contributed by atoms with van der Waals surface area (Å²) >= 11 is 0. The number of nitrogens with two attached hydrogens (primary N) is 1. The molecule has 5 amide bonds. The van der Waals surface area contributed by atoms with E-state index in [1.807, 2.05) is 0 Å². The summed E-state index contributed by atoms with van der Waals surface area (Å²) in [5.74, 6) is -4.83. The van der Waals surface area contributed by atoms with Crippen LogP contribution in [-0.2, 0) is 30.5 Å². The van der Waals surface area contributed by atoms with Gasteiger partial charge in [0.25, 0.3) is 5.91 Å². The summed E-state index contributed by atoms with van der Waals surface area (Å²) in [4.78, 5) is 71.7. The van der Waals surface area contributed by atoms with Gasteiger partial charge in [0.15, 0.2) is 0 Å². The number of nitrogens with zero attached hydrogens (tertiary/aromatic N) is 3. The second-order valence-electron chi connectivity index (χ2n) is 11.7. The monoisotopic (exact) mass is 594 g/mol. The molecule has 42 heavy (non-hydrogen) atoms. The molecule has 228 valence electrons. The molecule has 1 saturated heterocycles. The molecule has 2 aliphatic carbocycles. The van der Waals surface area contributed by atoms with E-state index in [2.05, 4.69) is 10.3 Å². The van der Waals surface area contributed by atoms with E-state index in [9.17, 15) is 37.1 Å². The molecule has 1 spiro atoms. The molecular weight excluding hydrogens is 561 g/mol. The van der Waals surface area contributed by atoms with E-state index in [1.54, 1.807) is 17.4 Å². The van der Waals surface area contributed by atoms with E-state index in [0.717, 1.165) is 35.5 Å². The highest BCUT2D eigenvalue weighted by Crippen LogP contribution is 2.39. The molecule has 5 rings (SSSR count). The third-order valence-corrected chi connectivity index (χ3v) is 8.40. The Morgan fingerprint density at radius 2 is 1.88 bits per heavy atom. The average molecular weight is 595 g/mol. The molecule has 3 heterocycles. The Morgan fingerprint density at radius 3 is 2.50 bits per heavy atom. The second-order valence-corrected chi connectivity index (χ2v) is 11.7. The molecule has 15 heteroatoms. The molecule has 3 fully saturated rings. The lowest BCUT2D eigenvalue weighted by Gasteiger charge is -2.35. The van der Waals surface area contributed by atoms with Crippen LogP contribution in [0.3, 0.4) is 0 Å². The molecule has 0 unspecified atom stereocenters. The number of carbonyl (C=O) groups excluding carboxylic acids is 5. The largest absolute Gasteiger partial charge is 0.473 e. The number of pyridine rings is 1. The van der Waals surface area contributed by atoms with Crippen LogP contribution < -0.4 is 21.1 Å². The average Bonchev–Trinajstić information content (AvgIpc) is 3.87. The number of primary amides is 1. The lowest BCUT2D eigenvalue weighted by Crippen LogP contribution is -2.58. The fourth-order valence-electron chi connectivity index (χ4n) is 5.66. The van der Waals surface area contributed by atoms with Crippen LogP contribution in [0, 0.1) is 11.8 Å². The number of nitrogens with one attached hydrogen (secondary N) is 2. The van der Waals surface area contributed by atoms with Gasteiger partial charge in [-0.1, -0.05) is 25.7 Å². The van der Waals surface area contributed by atoms with Crippen molar-refractivity contribution in [2.75, 3.05) is 13.6 Å². The molecule has 2 saturated carbocycles. The number of amides is 5. The highest BCUT2D eigenvalue weighted by Gasteiger charge is 2.57. The maximum atomic E-state index is 14.1. The van der Waals surface area contributed by atoms with Gasteiger partial charge in [-0.05, 0) is 36.8 Å². The summed E-state index contributed by atoms with van der Waals surface area (Å²) in [6, 6.07) is -0.671. The molecule has 1 aromatic heterocycles. The van der Waals surface area contributed by atoms with Crippen LogP contribution in [0.25, 0.3) is 0 Å². The lowest BCUT2D eigenvalue weighted by atomic mass is 9.98. The fourth-order valence-corrected chi connectivity index (χ4v) is 5.66. The molecule has 2 aliphatic heterocycles. The van der Waals surface area contributed by atoms with Crippen molar-refractivity contribution in [3.05, 3.63) is 24.0 Å². The minimum absolute atomic E-state index is 0.00746. The van der Waals surface area contributed by atoms with Crippen LogP contribution in [0.1, 0.15) is 50.6 Å². The van der Waals surface area contributed by atoms with Crippen molar-refractivity contribution in [3.63, 3.8) is 0 Å². The number of hydrogen-bond donors (Lipinski definition) is 3. The Labute approximate surface area is 239 Å². The lowest BCUT2D eigenvalue weighted by molar-refractivity contribution is -0.175. The van der Waals surface area contributed by atoms with Gasteiger partial charge in [0, 0.05) is 19.7 Å². The summed E-state index contributed by atoms with van der Waals surface area (Å²) in [6.45, 7) is -0.279. The Bertz CT molecular complexity index is 1290.